The number of carbonyl (C=O) groups is 2. The third-order valence-electron chi connectivity index (χ3n) is 2.84. The van der Waals surface area contributed by atoms with Crippen LogP contribution >= 0.6 is 11.6 Å². The number of methoxy groups -OCH3 is 1. The molecule has 2 rings (SSSR count). The van der Waals surface area contributed by atoms with Gasteiger partial charge in [-0.2, -0.15) is 0 Å². The number of nitrogen functional groups attached to an aromatic ring is 1. The highest BCUT2D eigenvalue weighted by Crippen LogP contribution is 2.23. The molecule has 0 unspecified atom stereocenters. The fraction of sp³-hybridized carbons (Fsp3) is 0.0667. The third-order valence-corrected chi connectivity index (χ3v) is 3.08. The number of para-hydroxylation sites is 1. The van der Waals surface area contributed by atoms with E-state index in [4.69, 9.17) is 17.3 Å². The normalized spacial score (nSPS) is 10.0. The van der Waals surface area contributed by atoms with Crippen molar-refractivity contribution in [2.45, 2.75) is 0 Å². The fourth-order valence-electron chi connectivity index (χ4n) is 1.80. The number of ether oxygens (including phenoxy) is 1. The van der Waals surface area contributed by atoms with Crippen molar-refractivity contribution >= 4 is 34.9 Å². The molecular formula is C15H13ClN2O3. The lowest BCUT2D eigenvalue weighted by atomic mass is 10.1. The minimum atomic E-state index is -0.589. The van der Waals surface area contributed by atoms with Crippen molar-refractivity contribution in [3.8, 4) is 0 Å². The van der Waals surface area contributed by atoms with E-state index in [1.54, 1.807) is 30.3 Å². The first kappa shape index (κ1) is 14.9. The van der Waals surface area contributed by atoms with Gasteiger partial charge >= 0.3 is 5.97 Å². The molecule has 5 nitrogen and oxygen atoms in total. The van der Waals surface area contributed by atoms with Crippen molar-refractivity contribution < 1.29 is 14.3 Å². The van der Waals surface area contributed by atoms with Crippen LogP contribution in [0.1, 0.15) is 20.7 Å². The van der Waals surface area contributed by atoms with Crippen molar-refractivity contribution in [1.82, 2.24) is 0 Å². The van der Waals surface area contributed by atoms with Crippen LogP contribution in [0.15, 0.2) is 42.5 Å². The minimum Gasteiger partial charge on any atom is -0.465 e. The van der Waals surface area contributed by atoms with Gasteiger partial charge < -0.3 is 15.8 Å². The van der Waals surface area contributed by atoms with E-state index >= 15 is 0 Å². The zero-order chi connectivity index (χ0) is 15.4. The molecule has 0 heterocycles. The molecule has 6 heteroatoms. The number of hydrogen-bond acceptors (Lipinski definition) is 4. The summed E-state index contributed by atoms with van der Waals surface area (Å²) < 4.78 is 4.67. The Morgan fingerprint density at radius 3 is 2.52 bits per heavy atom. The molecule has 2 aromatic rings. The molecule has 0 spiro atoms. The number of benzene rings is 2. The summed E-state index contributed by atoms with van der Waals surface area (Å²) in [6.45, 7) is 0. The lowest BCUT2D eigenvalue weighted by Gasteiger charge is -2.11. The van der Waals surface area contributed by atoms with Gasteiger partial charge in [-0.3, -0.25) is 4.79 Å². The van der Waals surface area contributed by atoms with Crippen LogP contribution in [0.5, 0.6) is 0 Å². The van der Waals surface area contributed by atoms with Gasteiger partial charge in [-0.25, -0.2) is 4.79 Å². The van der Waals surface area contributed by atoms with Gasteiger partial charge in [0, 0.05) is 10.7 Å². The topological polar surface area (TPSA) is 81.4 Å². The zero-order valence-electron chi connectivity index (χ0n) is 11.2. The van der Waals surface area contributed by atoms with E-state index in [0.717, 1.165) is 0 Å². The second kappa shape index (κ2) is 6.28. The van der Waals surface area contributed by atoms with E-state index in [0.29, 0.717) is 22.0 Å². The monoisotopic (exact) mass is 304 g/mol. The first-order valence-corrected chi connectivity index (χ1v) is 6.44. The molecule has 2 aromatic carbocycles. The van der Waals surface area contributed by atoms with Crippen LogP contribution in [0.3, 0.4) is 0 Å². The summed E-state index contributed by atoms with van der Waals surface area (Å²) >= 11 is 5.86. The SMILES string of the molecule is COC(=O)c1cc(Cl)ccc1NC(=O)c1ccccc1N. The molecule has 3 N–H and O–H groups in total. The van der Waals surface area contributed by atoms with Crippen LogP contribution in [-0.2, 0) is 4.74 Å². The first-order chi connectivity index (χ1) is 10.0. The molecule has 0 aromatic heterocycles. The Hall–Kier alpha value is -2.53. The molecule has 108 valence electrons. The molecule has 0 aliphatic carbocycles. The number of rotatable bonds is 3. The number of nitrogens with one attached hydrogen (secondary N) is 1. The lowest BCUT2D eigenvalue weighted by molar-refractivity contribution is 0.0602. The van der Waals surface area contributed by atoms with E-state index in [2.05, 4.69) is 10.1 Å². The Kier molecular flexibility index (Phi) is 4.45. The maximum Gasteiger partial charge on any atom is 0.340 e. The standard InChI is InChI=1S/C15H13ClN2O3/c1-21-15(20)11-8-9(16)6-7-13(11)18-14(19)10-4-2-3-5-12(10)17/h2-8H,17H2,1H3,(H,18,19). The van der Waals surface area contributed by atoms with Gasteiger partial charge in [-0.1, -0.05) is 23.7 Å². The maximum atomic E-state index is 12.2. The number of hydrogen-bond donors (Lipinski definition) is 2. The second-order valence-corrected chi connectivity index (χ2v) is 4.66. The van der Waals surface area contributed by atoms with Gasteiger partial charge in [0.2, 0.25) is 0 Å². The van der Waals surface area contributed by atoms with Crippen molar-refractivity contribution in [3.05, 3.63) is 58.6 Å². The van der Waals surface area contributed by atoms with Crippen LogP contribution in [-0.4, -0.2) is 19.0 Å². The summed E-state index contributed by atoms with van der Waals surface area (Å²) in [6.07, 6.45) is 0. The summed E-state index contributed by atoms with van der Waals surface area (Å²) in [7, 11) is 1.25. The number of anilines is 2. The summed E-state index contributed by atoms with van der Waals surface area (Å²) in [6, 6.07) is 11.2. The predicted molar refractivity (Wildman–Crippen MR) is 81.6 cm³/mol. The van der Waals surface area contributed by atoms with Crippen molar-refractivity contribution in [2.24, 2.45) is 0 Å². The highest BCUT2D eigenvalue weighted by atomic mass is 35.5. The third kappa shape index (κ3) is 3.32. The fourth-order valence-corrected chi connectivity index (χ4v) is 1.97. The summed E-state index contributed by atoms with van der Waals surface area (Å²) in [5.41, 5.74) is 6.90. The Morgan fingerprint density at radius 2 is 1.86 bits per heavy atom. The van der Waals surface area contributed by atoms with Gasteiger partial charge in [0.15, 0.2) is 0 Å². The maximum absolute atomic E-state index is 12.2. The van der Waals surface area contributed by atoms with Gasteiger partial charge in [-0.15, -0.1) is 0 Å². The van der Waals surface area contributed by atoms with Gasteiger partial charge in [0.25, 0.3) is 5.91 Å². The number of nitrogens with two attached hydrogens (primary N) is 1. The summed E-state index contributed by atoms with van der Waals surface area (Å²) in [5, 5.41) is 3.00. The van der Waals surface area contributed by atoms with Crippen LogP contribution < -0.4 is 11.1 Å². The number of esters is 1. The lowest BCUT2D eigenvalue weighted by Crippen LogP contribution is -2.16. The quantitative estimate of drug-likeness (QED) is 0.674. The zero-order valence-corrected chi connectivity index (χ0v) is 12.0. The number of amides is 1. The van der Waals surface area contributed by atoms with Gasteiger partial charge in [-0.05, 0) is 30.3 Å². The Labute approximate surface area is 126 Å². The Morgan fingerprint density at radius 1 is 1.14 bits per heavy atom. The van der Waals surface area contributed by atoms with E-state index in [-0.39, 0.29) is 5.56 Å². The molecule has 0 atom stereocenters. The van der Waals surface area contributed by atoms with Crippen LogP contribution in [0.25, 0.3) is 0 Å². The molecule has 0 saturated heterocycles. The van der Waals surface area contributed by atoms with E-state index < -0.39 is 11.9 Å². The molecular weight excluding hydrogens is 292 g/mol. The Bertz CT molecular complexity index is 701. The van der Waals surface area contributed by atoms with Gasteiger partial charge in [0.05, 0.1) is 23.9 Å². The van der Waals surface area contributed by atoms with Gasteiger partial charge in [0.1, 0.15) is 0 Å². The molecule has 0 radical (unpaired) electrons. The number of halogens is 1. The predicted octanol–water partition coefficient (Wildman–Crippen LogP) is 2.96. The van der Waals surface area contributed by atoms with E-state index in [1.807, 2.05) is 0 Å². The number of carbonyl (C=O) groups excluding carboxylic acids is 2. The van der Waals surface area contributed by atoms with Crippen molar-refractivity contribution in [2.75, 3.05) is 18.2 Å². The molecule has 0 aliphatic rings. The van der Waals surface area contributed by atoms with Crippen molar-refractivity contribution in [3.63, 3.8) is 0 Å². The minimum absolute atomic E-state index is 0.174. The summed E-state index contributed by atoms with van der Waals surface area (Å²) in [4.78, 5) is 23.9. The average Bonchev–Trinajstić information content (AvgIpc) is 2.48. The average molecular weight is 305 g/mol. The van der Waals surface area contributed by atoms with Crippen LogP contribution in [0, 0.1) is 0 Å². The molecule has 21 heavy (non-hydrogen) atoms. The highest BCUT2D eigenvalue weighted by molar-refractivity contribution is 6.31. The van der Waals surface area contributed by atoms with E-state index in [9.17, 15) is 9.59 Å². The molecule has 1 amide bonds. The molecule has 0 saturated carbocycles. The Balaban J connectivity index is 2.34. The largest absolute Gasteiger partial charge is 0.465 e. The highest BCUT2D eigenvalue weighted by Gasteiger charge is 2.16. The molecule has 0 aliphatic heterocycles. The van der Waals surface area contributed by atoms with Crippen LogP contribution in [0.4, 0.5) is 11.4 Å². The summed E-state index contributed by atoms with van der Waals surface area (Å²) in [5.74, 6) is -1.01. The molecule has 0 bridgehead atoms. The van der Waals surface area contributed by atoms with Crippen LogP contribution in [0.2, 0.25) is 5.02 Å². The van der Waals surface area contributed by atoms with Crippen molar-refractivity contribution in [1.29, 1.82) is 0 Å². The molecule has 0 fully saturated rings. The smallest absolute Gasteiger partial charge is 0.340 e. The first-order valence-electron chi connectivity index (χ1n) is 6.06. The second-order valence-electron chi connectivity index (χ2n) is 4.22. The van der Waals surface area contributed by atoms with E-state index in [1.165, 1.54) is 19.2 Å².